The van der Waals surface area contributed by atoms with Crippen LogP contribution in [0.2, 0.25) is 0 Å². The van der Waals surface area contributed by atoms with Crippen molar-refractivity contribution in [3.63, 3.8) is 0 Å². The second-order valence-electron chi connectivity index (χ2n) is 0. The Balaban J connectivity index is 0. The van der Waals surface area contributed by atoms with Gasteiger partial charge in [-0.25, -0.2) is 0 Å². The van der Waals surface area contributed by atoms with Gasteiger partial charge in [0, 0.05) is 0 Å². The Bertz CT molecular complexity index is 23.2. The molecule has 0 saturated heterocycles. The van der Waals surface area contributed by atoms with Gasteiger partial charge in [0.05, 0.1) is 0 Å². The molecule has 0 unspecified atom stereocenters. The molecule has 38 valence electrons. The first-order valence-corrected chi connectivity index (χ1v) is 0. The molecule has 0 bridgehead atoms. The fourth-order valence-corrected chi connectivity index (χ4v) is 0. The van der Waals surface area contributed by atoms with E-state index in [0.717, 1.165) is 0 Å². The van der Waals surface area contributed by atoms with Gasteiger partial charge >= 0.3 is 71.9 Å². The van der Waals surface area contributed by atoms with Gasteiger partial charge in [0.15, 0.2) is 17.4 Å². The quantitative estimate of drug-likeness (QED) is 0.508. The SMILES string of the molecule is Cl.F.F.[AlH3].[Ba+2].[H-].[H-].[H-].[H-].[Mg+2]. The maximum absolute atomic E-state index is 0. The summed E-state index contributed by atoms with van der Waals surface area (Å²) >= 11 is 0. The third-order valence-electron chi connectivity index (χ3n) is 0. The second-order valence-corrected chi connectivity index (χ2v) is 0. The summed E-state index contributed by atoms with van der Waals surface area (Å²) in [6, 6.07) is 0. The third-order valence-corrected chi connectivity index (χ3v) is 0. The maximum atomic E-state index is 0. The maximum Gasteiger partial charge on any atom is 2.00 e. The van der Waals surface area contributed by atoms with E-state index >= 15 is 0 Å². The largest absolute Gasteiger partial charge is 2.00 e. The first-order chi connectivity index (χ1) is 0. The van der Waals surface area contributed by atoms with Crippen molar-refractivity contribution in [1.29, 1.82) is 0 Å². The fraction of sp³-hybridized carbons (Fsp3) is 0. The first-order valence-electron chi connectivity index (χ1n) is 0. The van der Waals surface area contributed by atoms with Crippen molar-refractivity contribution in [1.82, 2.24) is 0 Å². The topological polar surface area (TPSA) is 0 Å². The number of hydrogen-bond acceptors (Lipinski definition) is 0. The molecule has 0 aliphatic heterocycles. The van der Waals surface area contributed by atoms with Crippen molar-refractivity contribution in [2.75, 3.05) is 0 Å². The summed E-state index contributed by atoms with van der Waals surface area (Å²) in [5.41, 5.74) is 0. The van der Waals surface area contributed by atoms with Crippen LogP contribution in [0, 0.1) is 0 Å². The van der Waals surface area contributed by atoms with E-state index in [0.29, 0.717) is 0 Å². The molecule has 0 saturated carbocycles. The van der Waals surface area contributed by atoms with Crippen molar-refractivity contribution >= 4 is 102 Å². The predicted molar refractivity (Wildman–Crippen MR) is 38.1 cm³/mol. The van der Waals surface area contributed by atoms with E-state index in [9.17, 15) is 0 Å². The van der Waals surface area contributed by atoms with Crippen LogP contribution in [0.4, 0.5) is 9.41 Å². The van der Waals surface area contributed by atoms with Crippen LogP contribution in [0.3, 0.4) is 0 Å². The van der Waals surface area contributed by atoms with Gasteiger partial charge in [-0.15, -0.1) is 12.4 Å². The molecule has 0 nitrogen and oxygen atoms in total. The number of halogens is 3. The number of rotatable bonds is 0. The standard InChI is InChI=1S/Al.Ba.ClH.2FH.Mg.7H/h;;3*1H;;;;;;;;/q;+2;;;;+2;;;;4*-1. The zero-order valence-corrected chi connectivity index (χ0v) is 9.31. The van der Waals surface area contributed by atoms with Crippen LogP contribution in [0.1, 0.15) is 5.71 Å². The van der Waals surface area contributed by atoms with Crippen LogP contribution >= 0.6 is 12.4 Å². The predicted octanol–water partition coefficient (Wildman–Crippen LogP) is -0.769. The van der Waals surface area contributed by atoms with Crippen LogP contribution in [0.5, 0.6) is 0 Å². The Morgan fingerprint density at radius 2 is 1.00 bits per heavy atom. The van der Waals surface area contributed by atoms with Gasteiger partial charge < -0.3 is 5.71 Å². The van der Waals surface area contributed by atoms with E-state index in [1.807, 2.05) is 0 Å². The fourth-order valence-electron chi connectivity index (χ4n) is 0. The normalized spacial score (nSPS) is 0. The molecule has 0 fully saturated rings. The Morgan fingerprint density at radius 1 is 1.00 bits per heavy atom. The Hall–Kier alpha value is 3.02. The first kappa shape index (κ1) is 63.6. The van der Waals surface area contributed by atoms with Gasteiger partial charge in [-0.1, -0.05) is 0 Å². The molecule has 0 aliphatic carbocycles. The molecule has 0 N–H and O–H groups in total. The molecule has 6 heavy (non-hydrogen) atoms. The summed E-state index contributed by atoms with van der Waals surface area (Å²) in [6.07, 6.45) is 0. The van der Waals surface area contributed by atoms with Gasteiger partial charge in [-0.2, -0.15) is 0 Å². The molecule has 0 atom stereocenters. The number of hydrogen-bond donors (Lipinski definition) is 0. The van der Waals surface area contributed by atoms with Gasteiger partial charge in [0.2, 0.25) is 0 Å². The molecule has 0 aromatic heterocycles. The van der Waals surface area contributed by atoms with Crippen molar-refractivity contribution in [3.8, 4) is 0 Å². The van der Waals surface area contributed by atoms with Crippen LogP contribution in [-0.2, 0) is 0 Å². The minimum Gasteiger partial charge on any atom is -1.00 e. The van der Waals surface area contributed by atoms with Gasteiger partial charge in [-0.05, 0) is 0 Å². The average Bonchev–Trinajstić information content (AvgIpc) is 0. The van der Waals surface area contributed by atoms with E-state index in [1.54, 1.807) is 0 Å². The van der Waals surface area contributed by atoms with E-state index in [2.05, 4.69) is 0 Å². The van der Waals surface area contributed by atoms with Crippen LogP contribution in [-0.4, -0.2) is 89.3 Å². The van der Waals surface area contributed by atoms with E-state index in [4.69, 9.17) is 0 Å². The summed E-state index contributed by atoms with van der Waals surface area (Å²) in [5, 5.41) is 0. The summed E-state index contributed by atoms with van der Waals surface area (Å²) in [6.45, 7) is 0. The third kappa shape index (κ3) is 27.9. The molecule has 6 heteroatoms. The van der Waals surface area contributed by atoms with E-state index in [-0.39, 0.29) is 117 Å². The molecule has 0 spiro atoms. The molecular formula is H10AlBaClF2Mg. The van der Waals surface area contributed by atoms with Gasteiger partial charge in [-0.3, -0.25) is 9.41 Å². The molecular weight excluding hydrogens is 262 g/mol. The Labute approximate surface area is 115 Å². The molecule has 0 aliphatic rings. The summed E-state index contributed by atoms with van der Waals surface area (Å²) in [5.74, 6) is 0. The van der Waals surface area contributed by atoms with Gasteiger partial charge in [0.25, 0.3) is 0 Å². The Morgan fingerprint density at radius 3 is 1.00 bits per heavy atom. The minimum absolute atomic E-state index is 0. The van der Waals surface area contributed by atoms with Crippen molar-refractivity contribution in [2.24, 2.45) is 0 Å². The van der Waals surface area contributed by atoms with Crippen molar-refractivity contribution < 1.29 is 15.1 Å². The average molecular weight is 272 g/mol. The zero-order chi connectivity index (χ0) is 0. The molecule has 0 heterocycles. The molecule has 0 rings (SSSR count). The minimum atomic E-state index is 0. The van der Waals surface area contributed by atoms with Gasteiger partial charge in [0.1, 0.15) is 0 Å². The summed E-state index contributed by atoms with van der Waals surface area (Å²) < 4.78 is 0. The van der Waals surface area contributed by atoms with Crippen LogP contribution < -0.4 is 0 Å². The Kier molecular flexibility index (Phi) is 459. The molecule has 0 radical (unpaired) electrons. The summed E-state index contributed by atoms with van der Waals surface area (Å²) in [4.78, 5) is 0. The molecule has 0 aromatic rings. The summed E-state index contributed by atoms with van der Waals surface area (Å²) in [7, 11) is 0. The molecule has 0 aromatic carbocycles. The van der Waals surface area contributed by atoms with E-state index < -0.39 is 0 Å². The molecule has 0 amide bonds. The van der Waals surface area contributed by atoms with Crippen molar-refractivity contribution in [2.45, 2.75) is 0 Å². The second kappa shape index (κ2) is 43.3. The monoisotopic (exact) mass is 272 g/mol. The van der Waals surface area contributed by atoms with E-state index in [1.165, 1.54) is 0 Å². The smallest absolute Gasteiger partial charge is 1.00 e. The zero-order valence-electron chi connectivity index (χ0n) is 6.64. The van der Waals surface area contributed by atoms with Crippen LogP contribution in [0.15, 0.2) is 0 Å². The van der Waals surface area contributed by atoms with Crippen molar-refractivity contribution in [3.05, 3.63) is 0 Å². The van der Waals surface area contributed by atoms with Crippen LogP contribution in [0.25, 0.3) is 0 Å².